The van der Waals surface area contributed by atoms with E-state index in [0.29, 0.717) is 11.6 Å². The predicted molar refractivity (Wildman–Crippen MR) is 95.3 cm³/mol. The summed E-state index contributed by atoms with van der Waals surface area (Å²) >= 11 is 1.43. The summed E-state index contributed by atoms with van der Waals surface area (Å²) in [6, 6.07) is 7.99. The number of hydrogen-bond donors (Lipinski definition) is 2. The first-order chi connectivity index (χ1) is 10.6. The molecular formula is C16H20ClN3O2S. The number of ketones is 1. The molecule has 0 aliphatic rings. The standard InChI is InChI=1S/C16H19N3O2S.ClH/c1-11(20)18-16-19-14(10-22-16)7-6-12-2-4-13(5-3-12)8-15(21)9-17;/h2-5,10H,6-9,17H2,1H3,(H,18,19,20);1H. The van der Waals surface area contributed by atoms with Crippen molar-refractivity contribution in [2.75, 3.05) is 11.9 Å². The molecular weight excluding hydrogens is 334 g/mol. The van der Waals surface area contributed by atoms with Crippen LogP contribution in [0.25, 0.3) is 0 Å². The zero-order valence-corrected chi connectivity index (χ0v) is 14.5. The summed E-state index contributed by atoms with van der Waals surface area (Å²) in [7, 11) is 0. The fourth-order valence-corrected chi connectivity index (χ4v) is 2.82. The number of nitrogens with zero attached hydrogens (tertiary/aromatic N) is 1. The molecule has 0 atom stereocenters. The molecule has 2 rings (SSSR count). The number of Topliss-reactive ketones (excluding diaryl/α,β-unsaturated/α-hetero) is 1. The summed E-state index contributed by atoms with van der Waals surface area (Å²) in [5, 5.41) is 5.28. The SMILES string of the molecule is CC(=O)Nc1nc(CCc2ccc(CC(=O)CN)cc2)cs1.Cl. The van der Waals surface area contributed by atoms with Gasteiger partial charge in [0.05, 0.1) is 12.2 Å². The molecule has 3 N–H and O–H groups in total. The Balaban J connectivity index is 0.00000264. The number of carbonyl (C=O) groups excluding carboxylic acids is 2. The van der Waals surface area contributed by atoms with Crippen molar-refractivity contribution in [2.45, 2.75) is 26.2 Å². The molecule has 0 saturated heterocycles. The molecule has 23 heavy (non-hydrogen) atoms. The topological polar surface area (TPSA) is 85.1 Å². The number of rotatable bonds is 7. The Morgan fingerprint density at radius 2 is 1.83 bits per heavy atom. The second-order valence-electron chi connectivity index (χ2n) is 5.06. The first-order valence-electron chi connectivity index (χ1n) is 7.08. The molecule has 0 saturated carbocycles. The van der Waals surface area contributed by atoms with E-state index < -0.39 is 0 Å². The van der Waals surface area contributed by atoms with Crippen LogP contribution in [0.1, 0.15) is 23.7 Å². The quantitative estimate of drug-likeness (QED) is 0.800. The lowest BCUT2D eigenvalue weighted by atomic mass is 10.0. The van der Waals surface area contributed by atoms with Gasteiger partial charge in [0, 0.05) is 18.7 Å². The van der Waals surface area contributed by atoms with Crippen molar-refractivity contribution >= 4 is 40.6 Å². The number of benzene rings is 1. The van der Waals surface area contributed by atoms with Crippen LogP contribution >= 0.6 is 23.7 Å². The number of halogens is 1. The van der Waals surface area contributed by atoms with Crippen LogP contribution in [0, 0.1) is 0 Å². The number of hydrogen-bond acceptors (Lipinski definition) is 5. The third-order valence-corrected chi connectivity index (χ3v) is 3.96. The fraction of sp³-hybridized carbons (Fsp3) is 0.312. The van der Waals surface area contributed by atoms with Gasteiger partial charge in [-0.15, -0.1) is 23.7 Å². The van der Waals surface area contributed by atoms with Crippen LogP contribution in [0.5, 0.6) is 0 Å². The number of aryl methyl sites for hydroxylation is 2. The van der Waals surface area contributed by atoms with E-state index in [9.17, 15) is 9.59 Å². The first-order valence-corrected chi connectivity index (χ1v) is 7.96. The molecule has 0 bridgehead atoms. The van der Waals surface area contributed by atoms with Crippen molar-refractivity contribution in [1.82, 2.24) is 4.98 Å². The van der Waals surface area contributed by atoms with Crippen molar-refractivity contribution in [3.8, 4) is 0 Å². The summed E-state index contributed by atoms with van der Waals surface area (Å²) in [5.41, 5.74) is 8.46. The van der Waals surface area contributed by atoms with E-state index in [4.69, 9.17) is 5.73 Å². The fourth-order valence-electron chi connectivity index (χ4n) is 2.03. The van der Waals surface area contributed by atoms with Gasteiger partial charge >= 0.3 is 0 Å². The molecule has 1 aromatic carbocycles. The van der Waals surface area contributed by atoms with Gasteiger partial charge in [0.1, 0.15) is 0 Å². The lowest BCUT2D eigenvalue weighted by Gasteiger charge is -2.03. The molecule has 0 unspecified atom stereocenters. The second kappa shape index (κ2) is 9.39. The smallest absolute Gasteiger partial charge is 0.223 e. The Labute approximate surface area is 145 Å². The molecule has 0 aliphatic heterocycles. The molecule has 1 amide bonds. The Hall–Kier alpha value is -1.76. The average Bonchev–Trinajstić information content (AvgIpc) is 2.93. The van der Waals surface area contributed by atoms with E-state index in [1.165, 1.54) is 23.8 Å². The zero-order chi connectivity index (χ0) is 15.9. The van der Waals surface area contributed by atoms with Crippen molar-refractivity contribution in [2.24, 2.45) is 5.73 Å². The number of amides is 1. The van der Waals surface area contributed by atoms with E-state index in [1.54, 1.807) is 0 Å². The summed E-state index contributed by atoms with van der Waals surface area (Å²) in [4.78, 5) is 26.6. The number of nitrogens with two attached hydrogens (primary N) is 1. The molecule has 0 fully saturated rings. The normalized spacial score (nSPS) is 10.0. The highest BCUT2D eigenvalue weighted by Gasteiger charge is 2.05. The molecule has 7 heteroatoms. The maximum absolute atomic E-state index is 11.3. The van der Waals surface area contributed by atoms with Crippen molar-refractivity contribution in [3.63, 3.8) is 0 Å². The summed E-state index contributed by atoms with van der Waals surface area (Å²) in [6.45, 7) is 1.56. The van der Waals surface area contributed by atoms with Crippen LogP contribution in [-0.4, -0.2) is 23.2 Å². The van der Waals surface area contributed by atoms with Gasteiger partial charge in [-0.25, -0.2) is 4.98 Å². The van der Waals surface area contributed by atoms with Gasteiger partial charge in [-0.2, -0.15) is 0 Å². The highest BCUT2D eigenvalue weighted by Crippen LogP contribution is 2.17. The maximum Gasteiger partial charge on any atom is 0.223 e. The Bertz CT molecular complexity index is 656. The third-order valence-electron chi connectivity index (χ3n) is 3.16. The molecule has 0 spiro atoms. The molecule has 5 nitrogen and oxygen atoms in total. The van der Waals surface area contributed by atoms with Crippen LogP contribution in [0.4, 0.5) is 5.13 Å². The van der Waals surface area contributed by atoms with Gasteiger partial charge < -0.3 is 11.1 Å². The van der Waals surface area contributed by atoms with E-state index >= 15 is 0 Å². The van der Waals surface area contributed by atoms with Crippen LogP contribution in [0.2, 0.25) is 0 Å². The minimum atomic E-state index is -0.108. The molecule has 1 heterocycles. The molecule has 124 valence electrons. The van der Waals surface area contributed by atoms with Gasteiger partial charge in [0.25, 0.3) is 0 Å². The van der Waals surface area contributed by atoms with Crippen LogP contribution in [-0.2, 0) is 28.9 Å². The van der Waals surface area contributed by atoms with Gasteiger partial charge in [-0.1, -0.05) is 24.3 Å². The second-order valence-corrected chi connectivity index (χ2v) is 5.92. The summed E-state index contributed by atoms with van der Waals surface area (Å²) < 4.78 is 0. The molecule has 0 radical (unpaired) electrons. The molecule has 1 aromatic heterocycles. The van der Waals surface area contributed by atoms with Gasteiger partial charge in [0.15, 0.2) is 10.9 Å². The number of anilines is 1. The van der Waals surface area contributed by atoms with Crippen LogP contribution in [0.15, 0.2) is 29.6 Å². The van der Waals surface area contributed by atoms with Crippen LogP contribution < -0.4 is 11.1 Å². The monoisotopic (exact) mass is 353 g/mol. The van der Waals surface area contributed by atoms with Crippen molar-refractivity contribution in [3.05, 3.63) is 46.5 Å². The number of thiazole rings is 1. The minimum Gasteiger partial charge on any atom is -0.324 e. The van der Waals surface area contributed by atoms with E-state index in [-0.39, 0.29) is 30.6 Å². The van der Waals surface area contributed by atoms with Gasteiger partial charge in [-0.05, 0) is 24.0 Å². The summed E-state index contributed by atoms with van der Waals surface area (Å²) in [6.07, 6.45) is 2.08. The average molecular weight is 354 g/mol. The van der Waals surface area contributed by atoms with Gasteiger partial charge in [0.2, 0.25) is 5.91 Å². The lowest BCUT2D eigenvalue weighted by molar-refractivity contribution is -0.117. The predicted octanol–water partition coefficient (Wildman–Crippen LogP) is 2.38. The Kier molecular flexibility index (Phi) is 7.88. The molecule has 0 aliphatic carbocycles. The minimum absolute atomic E-state index is 0. The highest BCUT2D eigenvalue weighted by molar-refractivity contribution is 7.13. The highest BCUT2D eigenvalue weighted by atomic mass is 35.5. The van der Waals surface area contributed by atoms with E-state index in [2.05, 4.69) is 10.3 Å². The van der Waals surface area contributed by atoms with Crippen LogP contribution in [0.3, 0.4) is 0 Å². The third kappa shape index (κ3) is 6.48. The summed E-state index contributed by atoms with van der Waals surface area (Å²) in [5.74, 6) is -0.0655. The molecule has 2 aromatic rings. The van der Waals surface area contributed by atoms with Crippen molar-refractivity contribution in [1.29, 1.82) is 0 Å². The number of aromatic nitrogens is 1. The van der Waals surface area contributed by atoms with Gasteiger partial charge in [-0.3, -0.25) is 9.59 Å². The lowest BCUT2D eigenvalue weighted by Crippen LogP contribution is -2.15. The number of carbonyl (C=O) groups is 2. The Morgan fingerprint density at radius 1 is 1.17 bits per heavy atom. The van der Waals surface area contributed by atoms with E-state index in [0.717, 1.165) is 24.1 Å². The first kappa shape index (κ1) is 19.3. The number of nitrogens with one attached hydrogen (secondary N) is 1. The Morgan fingerprint density at radius 3 is 2.43 bits per heavy atom. The van der Waals surface area contributed by atoms with Crippen molar-refractivity contribution < 1.29 is 9.59 Å². The largest absolute Gasteiger partial charge is 0.324 e. The maximum atomic E-state index is 11.3. The zero-order valence-electron chi connectivity index (χ0n) is 12.9. The van der Waals surface area contributed by atoms with E-state index in [1.807, 2.05) is 29.6 Å².